The van der Waals surface area contributed by atoms with E-state index in [9.17, 15) is 20.1 Å². The minimum atomic E-state index is -1.29. The van der Waals surface area contributed by atoms with E-state index < -0.39 is 30.7 Å². The number of ketones is 1. The molecule has 1 saturated heterocycles. The predicted octanol–water partition coefficient (Wildman–Crippen LogP) is 4.78. The fraction of sp³-hybridized carbons (Fsp3) is 0.743. The number of rotatable bonds is 6. The van der Waals surface area contributed by atoms with E-state index >= 15 is 0 Å². The van der Waals surface area contributed by atoms with Gasteiger partial charge in [-0.3, -0.25) is 4.79 Å². The van der Waals surface area contributed by atoms with Crippen molar-refractivity contribution in [3.05, 3.63) is 35.4 Å². The number of Topliss-reactive ketones (excluding diaryl/α,β-unsaturated/α-hetero) is 1. The molecule has 1 aromatic carbocycles. The molecule has 43 heavy (non-hydrogen) atoms. The molecule has 8 nitrogen and oxygen atoms in total. The summed E-state index contributed by atoms with van der Waals surface area (Å²) in [5.41, 5.74) is 2.52. The molecule has 0 bridgehead atoms. The smallest absolute Gasteiger partial charge is 0.186 e. The number of carbonyl (C=O) groups is 1. The van der Waals surface area contributed by atoms with Crippen molar-refractivity contribution in [2.75, 3.05) is 14.2 Å². The third-order valence-corrected chi connectivity index (χ3v) is 12.5. The highest BCUT2D eigenvalue weighted by Crippen LogP contribution is 2.69. The summed E-state index contributed by atoms with van der Waals surface area (Å²) in [6.07, 6.45) is 3.78. The molecule has 5 aliphatic rings. The number of fused-ring (bicyclic) bond motifs is 5. The first-order chi connectivity index (χ1) is 20.4. The lowest BCUT2D eigenvalue weighted by Crippen LogP contribution is -2.58. The molecule has 8 heteroatoms. The molecule has 13 atom stereocenters. The van der Waals surface area contributed by atoms with Gasteiger partial charge in [-0.25, -0.2) is 0 Å². The summed E-state index contributed by atoms with van der Waals surface area (Å²) < 4.78 is 23.4. The molecule has 238 valence electrons. The number of hydrogen-bond donors (Lipinski definition) is 3. The van der Waals surface area contributed by atoms with Crippen LogP contribution in [0.15, 0.2) is 29.8 Å². The molecule has 6 rings (SSSR count). The first-order valence-electron chi connectivity index (χ1n) is 16.2. The third kappa shape index (κ3) is 4.96. The van der Waals surface area contributed by atoms with E-state index in [2.05, 4.69) is 26.0 Å². The second-order valence-corrected chi connectivity index (χ2v) is 14.5. The molecular formula is C35H50O8. The number of hydrogen-bond acceptors (Lipinski definition) is 8. The van der Waals surface area contributed by atoms with Crippen molar-refractivity contribution in [1.82, 2.24) is 0 Å². The van der Waals surface area contributed by atoms with E-state index in [0.717, 1.165) is 62.0 Å². The fourth-order valence-corrected chi connectivity index (χ4v) is 10.3. The SMILES string of the molecule is COc1ccc(OC)c(C2CC3C4CC=C5CC(OC6O[C@@H](C)[C@@H](O)[C@@H](O)C6O)CCC5(C)C4CCC3(C)C2C(C)=O)c1. The maximum absolute atomic E-state index is 13.4. The van der Waals surface area contributed by atoms with Gasteiger partial charge in [-0.2, -0.15) is 0 Å². The quantitative estimate of drug-likeness (QED) is 0.401. The Hall–Kier alpha value is -1.97. The van der Waals surface area contributed by atoms with E-state index in [4.69, 9.17) is 18.9 Å². The van der Waals surface area contributed by atoms with Crippen molar-refractivity contribution in [3.8, 4) is 11.5 Å². The lowest BCUT2D eigenvalue weighted by atomic mass is 9.47. The highest BCUT2D eigenvalue weighted by atomic mass is 16.7. The van der Waals surface area contributed by atoms with Crippen LogP contribution in [-0.4, -0.2) is 72.1 Å². The molecule has 4 aliphatic carbocycles. The van der Waals surface area contributed by atoms with E-state index in [0.29, 0.717) is 17.8 Å². The Morgan fingerprint density at radius 2 is 1.77 bits per heavy atom. The summed E-state index contributed by atoms with van der Waals surface area (Å²) in [4.78, 5) is 13.4. The van der Waals surface area contributed by atoms with Crippen molar-refractivity contribution in [2.45, 2.75) is 115 Å². The molecule has 3 saturated carbocycles. The van der Waals surface area contributed by atoms with Crippen molar-refractivity contribution < 1.29 is 39.1 Å². The van der Waals surface area contributed by atoms with Crippen LogP contribution in [0.25, 0.3) is 0 Å². The molecule has 3 N–H and O–H groups in total. The number of allylic oxidation sites excluding steroid dienone is 1. The van der Waals surface area contributed by atoms with Gasteiger partial charge in [0, 0.05) is 11.5 Å². The van der Waals surface area contributed by atoms with Gasteiger partial charge >= 0.3 is 0 Å². The van der Waals surface area contributed by atoms with Crippen LogP contribution < -0.4 is 9.47 Å². The van der Waals surface area contributed by atoms with Gasteiger partial charge < -0.3 is 34.3 Å². The van der Waals surface area contributed by atoms with Crippen molar-refractivity contribution in [2.24, 2.45) is 34.5 Å². The second kappa shape index (κ2) is 11.4. The largest absolute Gasteiger partial charge is 0.497 e. The number of ether oxygens (including phenoxy) is 4. The van der Waals surface area contributed by atoms with Gasteiger partial charge in [0.05, 0.1) is 26.4 Å². The average Bonchev–Trinajstić information content (AvgIpc) is 3.32. The fourth-order valence-electron chi connectivity index (χ4n) is 10.3. The van der Waals surface area contributed by atoms with Gasteiger partial charge in [-0.1, -0.05) is 25.5 Å². The van der Waals surface area contributed by atoms with E-state index in [1.807, 2.05) is 12.1 Å². The van der Waals surface area contributed by atoms with Crippen LogP contribution in [0.2, 0.25) is 0 Å². The maximum atomic E-state index is 13.4. The number of methoxy groups -OCH3 is 2. The van der Waals surface area contributed by atoms with Crippen molar-refractivity contribution >= 4 is 5.78 Å². The van der Waals surface area contributed by atoms with Crippen LogP contribution in [0.5, 0.6) is 11.5 Å². The molecule has 1 heterocycles. The number of aliphatic hydroxyl groups is 3. The van der Waals surface area contributed by atoms with Crippen LogP contribution in [-0.2, 0) is 14.3 Å². The van der Waals surface area contributed by atoms with Crippen LogP contribution in [0.3, 0.4) is 0 Å². The highest BCUT2D eigenvalue weighted by Gasteiger charge is 2.62. The van der Waals surface area contributed by atoms with Gasteiger partial charge in [0.25, 0.3) is 0 Å². The van der Waals surface area contributed by atoms with Gasteiger partial charge in [0.1, 0.15) is 35.6 Å². The van der Waals surface area contributed by atoms with Gasteiger partial charge in [0.2, 0.25) is 0 Å². The summed E-state index contributed by atoms with van der Waals surface area (Å²) in [6.45, 7) is 8.27. The predicted molar refractivity (Wildman–Crippen MR) is 161 cm³/mol. The molecule has 10 unspecified atom stereocenters. The van der Waals surface area contributed by atoms with Gasteiger partial charge in [-0.05, 0) is 111 Å². The van der Waals surface area contributed by atoms with Crippen molar-refractivity contribution in [1.29, 1.82) is 0 Å². The minimum Gasteiger partial charge on any atom is -0.497 e. The number of benzene rings is 1. The molecule has 0 aromatic heterocycles. The normalized spacial score (nSPS) is 45.8. The molecule has 1 aromatic rings. The number of aliphatic hydroxyl groups excluding tert-OH is 3. The van der Waals surface area contributed by atoms with Crippen LogP contribution in [0.4, 0.5) is 0 Å². The zero-order valence-electron chi connectivity index (χ0n) is 26.5. The Labute approximate surface area is 255 Å². The first kappa shape index (κ1) is 31.0. The minimum absolute atomic E-state index is 0.0556. The Morgan fingerprint density at radius 3 is 2.47 bits per heavy atom. The maximum Gasteiger partial charge on any atom is 0.186 e. The average molecular weight is 599 g/mol. The molecule has 0 amide bonds. The van der Waals surface area contributed by atoms with Crippen molar-refractivity contribution in [3.63, 3.8) is 0 Å². The molecule has 4 fully saturated rings. The molecular weight excluding hydrogens is 548 g/mol. The zero-order valence-corrected chi connectivity index (χ0v) is 26.5. The first-order valence-corrected chi connectivity index (χ1v) is 16.2. The lowest BCUT2D eigenvalue weighted by molar-refractivity contribution is -0.305. The van der Waals surface area contributed by atoms with E-state index in [1.54, 1.807) is 28.1 Å². The highest BCUT2D eigenvalue weighted by molar-refractivity contribution is 5.81. The van der Waals surface area contributed by atoms with Gasteiger partial charge in [-0.15, -0.1) is 0 Å². The zero-order chi connectivity index (χ0) is 30.8. The standard InChI is InChI=1S/C35H50O8/c1-18(36)29-25(24-16-21(40-5)8-10-28(24)41-6)17-27-23-9-7-20-15-22(43-33-32(39)31(38)30(37)19(2)42-33)11-13-34(20,3)26(23)12-14-35(27,29)4/h7-8,10,16,19,22-23,25-27,29-33,37-39H,9,11-15,17H2,1-6H3/t19-,22?,23?,25?,26?,27?,29?,30+,31+,32?,33?,34?,35?/m0/s1. The molecule has 0 radical (unpaired) electrons. The van der Waals surface area contributed by atoms with Crippen LogP contribution >= 0.6 is 0 Å². The van der Waals surface area contributed by atoms with Gasteiger partial charge in [0.15, 0.2) is 6.29 Å². The Kier molecular flexibility index (Phi) is 8.25. The van der Waals surface area contributed by atoms with Crippen LogP contribution in [0.1, 0.15) is 84.1 Å². The Balaban J connectivity index is 1.24. The summed E-state index contributed by atoms with van der Waals surface area (Å²) in [5, 5.41) is 30.9. The summed E-state index contributed by atoms with van der Waals surface area (Å²) in [7, 11) is 3.38. The van der Waals surface area contributed by atoms with E-state index in [-0.39, 0.29) is 34.6 Å². The summed E-state index contributed by atoms with van der Waals surface area (Å²) in [6, 6.07) is 5.97. The monoisotopic (exact) mass is 598 g/mol. The lowest BCUT2D eigenvalue weighted by Gasteiger charge is -2.58. The molecule has 1 aliphatic heterocycles. The third-order valence-electron chi connectivity index (χ3n) is 12.5. The summed E-state index contributed by atoms with van der Waals surface area (Å²) >= 11 is 0. The Bertz CT molecular complexity index is 1250. The molecule has 0 spiro atoms. The van der Waals surface area contributed by atoms with Crippen LogP contribution in [0, 0.1) is 34.5 Å². The number of carbonyl (C=O) groups excluding carboxylic acids is 1. The summed E-state index contributed by atoms with van der Waals surface area (Å²) in [5.74, 6) is 3.41. The Morgan fingerprint density at radius 1 is 1.00 bits per heavy atom. The topological polar surface area (TPSA) is 115 Å². The van der Waals surface area contributed by atoms with E-state index in [1.165, 1.54) is 5.57 Å². The second-order valence-electron chi connectivity index (χ2n) is 14.5.